The van der Waals surface area contributed by atoms with E-state index in [4.69, 9.17) is 14.2 Å². The molecule has 0 spiro atoms. The highest BCUT2D eigenvalue weighted by molar-refractivity contribution is 7.89. The number of carbonyl (C=O) groups excluding carboxylic acids is 2. The van der Waals surface area contributed by atoms with Gasteiger partial charge in [-0.1, -0.05) is 36.8 Å². The fourth-order valence-corrected chi connectivity index (χ4v) is 4.61. The van der Waals surface area contributed by atoms with Crippen LogP contribution in [0.15, 0.2) is 53.4 Å². The van der Waals surface area contributed by atoms with Crippen molar-refractivity contribution in [3.05, 3.63) is 54.1 Å². The number of unbranched alkanes of at least 4 members (excludes halogenated alkanes) is 2. The van der Waals surface area contributed by atoms with E-state index in [2.05, 4.69) is 10.0 Å². The number of fused-ring (bicyclic) bond motifs is 1. The van der Waals surface area contributed by atoms with E-state index in [1.807, 2.05) is 30.3 Å². The maximum absolute atomic E-state index is 12.5. The molecule has 1 heterocycles. The average Bonchev–Trinajstić information content (AvgIpc) is 2.85. The molecule has 0 bridgehead atoms. The zero-order valence-electron chi connectivity index (χ0n) is 19.1. The molecule has 184 valence electrons. The van der Waals surface area contributed by atoms with E-state index < -0.39 is 22.0 Å². The number of nitrogens with one attached hydrogen (secondary N) is 2. The highest BCUT2D eigenvalue weighted by Gasteiger charge is 2.20. The van der Waals surface area contributed by atoms with Crippen LogP contribution in [-0.4, -0.2) is 47.2 Å². The lowest BCUT2D eigenvalue weighted by Gasteiger charge is -2.19. The zero-order valence-corrected chi connectivity index (χ0v) is 19.9. The minimum Gasteiger partial charge on any atom is -0.486 e. The minimum absolute atomic E-state index is 0.0495. The van der Waals surface area contributed by atoms with Crippen LogP contribution < -0.4 is 19.5 Å². The second kappa shape index (κ2) is 12.4. The molecule has 0 saturated heterocycles. The number of hydrogen-bond donors (Lipinski definition) is 2. The van der Waals surface area contributed by atoms with Crippen molar-refractivity contribution in [2.24, 2.45) is 0 Å². The maximum Gasteiger partial charge on any atom is 0.307 e. The quantitative estimate of drug-likeness (QED) is 0.347. The monoisotopic (exact) mass is 490 g/mol. The normalized spacial score (nSPS) is 13.7. The van der Waals surface area contributed by atoms with Crippen LogP contribution >= 0.6 is 0 Å². The summed E-state index contributed by atoms with van der Waals surface area (Å²) in [6.45, 7) is 1.08. The summed E-state index contributed by atoms with van der Waals surface area (Å²) < 4.78 is 43.2. The largest absolute Gasteiger partial charge is 0.486 e. The summed E-state index contributed by atoms with van der Waals surface area (Å²) in [5.74, 6) is 0.375. The number of benzene rings is 2. The van der Waals surface area contributed by atoms with Gasteiger partial charge in [-0.15, -0.1) is 0 Å². The summed E-state index contributed by atoms with van der Waals surface area (Å²) >= 11 is 0. The van der Waals surface area contributed by atoms with E-state index in [0.717, 1.165) is 5.56 Å². The molecule has 0 fully saturated rings. The first-order chi connectivity index (χ1) is 16.4. The molecule has 1 aliphatic heterocycles. The molecular weight excluding hydrogens is 460 g/mol. The number of rotatable bonds is 12. The van der Waals surface area contributed by atoms with Crippen LogP contribution in [0.3, 0.4) is 0 Å². The van der Waals surface area contributed by atoms with Crippen molar-refractivity contribution >= 4 is 21.9 Å². The molecule has 34 heavy (non-hydrogen) atoms. The molecule has 0 aliphatic carbocycles. The SMILES string of the molecule is COC(=O)CC(NC(=O)CCCCCNS(=O)(=O)c1ccc2c(c1)OCCO2)c1ccccc1. The van der Waals surface area contributed by atoms with Crippen molar-refractivity contribution in [1.82, 2.24) is 10.0 Å². The number of esters is 1. The fourth-order valence-electron chi connectivity index (χ4n) is 3.52. The molecule has 2 aromatic rings. The second-order valence-corrected chi connectivity index (χ2v) is 9.59. The van der Waals surface area contributed by atoms with Crippen molar-refractivity contribution in [2.75, 3.05) is 26.9 Å². The summed E-state index contributed by atoms with van der Waals surface area (Å²) in [5.41, 5.74) is 0.829. The number of ether oxygens (including phenoxy) is 3. The predicted octanol–water partition coefficient (Wildman–Crippen LogP) is 2.72. The first-order valence-corrected chi connectivity index (χ1v) is 12.7. The van der Waals surface area contributed by atoms with E-state index in [1.165, 1.54) is 19.2 Å². The van der Waals surface area contributed by atoms with Crippen LogP contribution in [0.1, 0.15) is 43.7 Å². The molecule has 3 rings (SSSR count). The van der Waals surface area contributed by atoms with Gasteiger partial charge in [-0.25, -0.2) is 13.1 Å². The van der Waals surface area contributed by atoms with E-state index in [9.17, 15) is 18.0 Å². The maximum atomic E-state index is 12.5. The standard InChI is InChI=1S/C24H30N2O7S/c1-31-24(28)17-20(18-8-4-2-5-9-18)26-23(27)10-6-3-7-13-25-34(29,30)19-11-12-21-22(16-19)33-15-14-32-21/h2,4-5,8-9,11-12,16,20,25H,3,6-7,10,13-15,17H2,1H3,(H,26,27). The Labute approximate surface area is 199 Å². The number of sulfonamides is 1. The van der Waals surface area contributed by atoms with Gasteiger partial charge in [0.05, 0.1) is 24.5 Å². The lowest BCUT2D eigenvalue weighted by Crippen LogP contribution is -2.30. The minimum atomic E-state index is -3.67. The molecule has 0 aromatic heterocycles. The first kappa shape index (κ1) is 25.5. The van der Waals surface area contributed by atoms with Gasteiger partial charge in [0, 0.05) is 19.0 Å². The Hall–Kier alpha value is -3.11. The number of hydrogen-bond acceptors (Lipinski definition) is 7. The topological polar surface area (TPSA) is 120 Å². The molecular formula is C24H30N2O7S. The lowest BCUT2D eigenvalue weighted by molar-refractivity contribution is -0.141. The molecule has 2 N–H and O–H groups in total. The van der Waals surface area contributed by atoms with Crippen LogP contribution in [-0.2, 0) is 24.3 Å². The molecule has 2 aromatic carbocycles. The Morgan fingerprint density at radius 1 is 1.00 bits per heavy atom. The van der Waals surface area contributed by atoms with Crippen LogP contribution in [0.25, 0.3) is 0 Å². The van der Waals surface area contributed by atoms with Crippen molar-refractivity contribution in [3.8, 4) is 11.5 Å². The molecule has 1 unspecified atom stereocenters. The van der Waals surface area contributed by atoms with Crippen LogP contribution in [0.5, 0.6) is 11.5 Å². The van der Waals surface area contributed by atoms with E-state index in [0.29, 0.717) is 44.0 Å². The molecule has 0 saturated carbocycles. The Kier molecular flexibility index (Phi) is 9.29. The lowest BCUT2D eigenvalue weighted by atomic mass is 10.0. The molecule has 10 heteroatoms. The van der Waals surface area contributed by atoms with Gasteiger partial charge >= 0.3 is 5.97 Å². The molecule has 1 aliphatic rings. The third-order valence-electron chi connectivity index (χ3n) is 5.33. The summed E-state index contributed by atoms with van der Waals surface area (Å²) in [7, 11) is -2.35. The average molecular weight is 491 g/mol. The summed E-state index contributed by atoms with van der Waals surface area (Å²) in [6, 6.07) is 13.3. The summed E-state index contributed by atoms with van der Waals surface area (Å²) in [6.07, 6.45) is 2.18. The van der Waals surface area contributed by atoms with E-state index in [1.54, 1.807) is 6.07 Å². The van der Waals surface area contributed by atoms with Crippen molar-refractivity contribution in [3.63, 3.8) is 0 Å². The highest BCUT2D eigenvalue weighted by Crippen LogP contribution is 2.32. The van der Waals surface area contributed by atoms with Crippen LogP contribution in [0, 0.1) is 0 Å². The Bertz CT molecular complexity index is 1070. The molecule has 0 radical (unpaired) electrons. The highest BCUT2D eigenvalue weighted by atomic mass is 32.2. The van der Waals surface area contributed by atoms with Gasteiger partial charge in [0.1, 0.15) is 13.2 Å². The number of amides is 1. The third-order valence-corrected chi connectivity index (χ3v) is 6.79. The van der Waals surface area contributed by atoms with Crippen molar-refractivity contribution in [2.45, 2.75) is 43.0 Å². The summed E-state index contributed by atoms with van der Waals surface area (Å²) in [5, 5.41) is 2.89. The predicted molar refractivity (Wildman–Crippen MR) is 125 cm³/mol. The summed E-state index contributed by atoms with van der Waals surface area (Å²) in [4.78, 5) is 24.2. The molecule has 1 atom stereocenters. The van der Waals surface area contributed by atoms with Gasteiger partial charge in [-0.2, -0.15) is 0 Å². The van der Waals surface area contributed by atoms with Crippen molar-refractivity contribution < 1.29 is 32.2 Å². The van der Waals surface area contributed by atoms with Gasteiger partial charge in [0.2, 0.25) is 15.9 Å². The van der Waals surface area contributed by atoms with E-state index in [-0.39, 0.29) is 30.2 Å². The van der Waals surface area contributed by atoms with E-state index >= 15 is 0 Å². The second-order valence-electron chi connectivity index (χ2n) is 7.82. The van der Waals surface area contributed by atoms with Crippen LogP contribution in [0.2, 0.25) is 0 Å². The first-order valence-electron chi connectivity index (χ1n) is 11.2. The smallest absolute Gasteiger partial charge is 0.307 e. The molecule has 1 amide bonds. The Balaban J connectivity index is 1.40. The van der Waals surface area contributed by atoms with Gasteiger partial charge in [0.25, 0.3) is 0 Å². The fraction of sp³-hybridized carbons (Fsp3) is 0.417. The van der Waals surface area contributed by atoms with Crippen molar-refractivity contribution in [1.29, 1.82) is 0 Å². The van der Waals surface area contributed by atoms with Gasteiger partial charge < -0.3 is 19.5 Å². The van der Waals surface area contributed by atoms with Gasteiger partial charge in [0.15, 0.2) is 11.5 Å². The Morgan fingerprint density at radius 2 is 1.74 bits per heavy atom. The number of methoxy groups -OCH3 is 1. The van der Waals surface area contributed by atoms with Crippen LogP contribution in [0.4, 0.5) is 0 Å². The third kappa shape index (κ3) is 7.46. The Morgan fingerprint density at radius 3 is 2.47 bits per heavy atom. The van der Waals surface area contributed by atoms with Gasteiger partial charge in [-0.3, -0.25) is 9.59 Å². The molecule has 9 nitrogen and oxygen atoms in total. The zero-order chi connectivity index (χ0) is 24.4. The van der Waals surface area contributed by atoms with Gasteiger partial charge in [-0.05, 0) is 30.5 Å². The number of carbonyl (C=O) groups is 2.